The smallest absolute Gasteiger partial charge is 0.258 e. The Morgan fingerprint density at radius 1 is 1.31 bits per heavy atom. The van der Waals surface area contributed by atoms with Crippen molar-refractivity contribution < 1.29 is 18.1 Å². The third-order valence-electron chi connectivity index (χ3n) is 1.41. The number of hydrogen-bond acceptors (Lipinski definition) is 2. The van der Waals surface area contributed by atoms with E-state index in [0.717, 1.165) is 0 Å². The van der Waals surface area contributed by atoms with E-state index in [2.05, 4.69) is 0 Å². The molecule has 0 spiro atoms. The lowest BCUT2D eigenvalue weighted by molar-refractivity contribution is -0.390. The van der Waals surface area contributed by atoms with Gasteiger partial charge in [0.1, 0.15) is 6.67 Å². The summed E-state index contributed by atoms with van der Waals surface area (Å²) in [7, 11) is 0. The van der Waals surface area contributed by atoms with E-state index in [1.165, 1.54) is 0 Å². The number of nitro benzene ring substituents is 1. The number of halogens is 3. The first-order valence-electron chi connectivity index (χ1n) is 3.24. The Kier molecular flexibility index (Phi) is 2.50. The lowest BCUT2D eigenvalue weighted by atomic mass is 10.2. The van der Waals surface area contributed by atoms with Crippen molar-refractivity contribution in [2.24, 2.45) is 0 Å². The summed E-state index contributed by atoms with van der Waals surface area (Å²) in [6, 6.07) is 1.20. The molecule has 6 heteroatoms. The van der Waals surface area contributed by atoms with E-state index in [0.29, 0.717) is 12.1 Å². The maximum atomic E-state index is 12.7. The third kappa shape index (κ3) is 1.77. The van der Waals surface area contributed by atoms with Gasteiger partial charge in [-0.1, -0.05) is 0 Å². The Hall–Kier alpha value is -1.59. The summed E-state index contributed by atoms with van der Waals surface area (Å²) in [5, 5.41) is 10.1. The number of nitro groups is 1. The molecular formula is C7H4F3NO2. The van der Waals surface area contributed by atoms with Crippen molar-refractivity contribution in [1.29, 1.82) is 0 Å². The van der Waals surface area contributed by atoms with Gasteiger partial charge in [-0.15, -0.1) is 0 Å². The molecule has 0 unspecified atom stereocenters. The van der Waals surface area contributed by atoms with Crippen LogP contribution in [0.1, 0.15) is 5.56 Å². The van der Waals surface area contributed by atoms with Gasteiger partial charge in [-0.05, 0) is 17.7 Å². The molecule has 0 heterocycles. The van der Waals surface area contributed by atoms with E-state index in [1.54, 1.807) is 0 Å². The number of hydrogen-bond donors (Lipinski definition) is 0. The summed E-state index contributed by atoms with van der Waals surface area (Å²) < 4.78 is 37.3. The van der Waals surface area contributed by atoms with Crippen LogP contribution in [0.15, 0.2) is 12.1 Å². The molecule has 0 radical (unpaired) electrons. The first kappa shape index (κ1) is 9.50. The van der Waals surface area contributed by atoms with Gasteiger partial charge in [0.05, 0.1) is 4.92 Å². The molecule has 0 N–H and O–H groups in total. The summed E-state index contributed by atoms with van der Waals surface area (Å²) in [5.74, 6) is -2.73. The summed E-state index contributed by atoms with van der Waals surface area (Å²) in [6.07, 6.45) is 0. The van der Waals surface area contributed by atoms with Crippen molar-refractivity contribution in [2.75, 3.05) is 0 Å². The first-order valence-corrected chi connectivity index (χ1v) is 3.24. The average molecular weight is 191 g/mol. The fraction of sp³-hybridized carbons (Fsp3) is 0.143. The van der Waals surface area contributed by atoms with Crippen molar-refractivity contribution in [3.05, 3.63) is 39.4 Å². The van der Waals surface area contributed by atoms with Gasteiger partial charge in [0, 0.05) is 0 Å². The van der Waals surface area contributed by atoms with Crippen LogP contribution < -0.4 is 0 Å². The van der Waals surface area contributed by atoms with Gasteiger partial charge in [-0.3, -0.25) is 10.1 Å². The van der Waals surface area contributed by atoms with Crippen LogP contribution in [0.25, 0.3) is 0 Å². The average Bonchev–Trinajstić information content (AvgIpc) is 2.02. The lowest BCUT2D eigenvalue weighted by Crippen LogP contribution is -1.98. The molecule has 1 rings (SSSR count). The van der Waals surface area contributed by atoms with Crippen LogP contribution in [-0.4, -0.2) is 4.92 Å². The molecule has 1 aromatic carbocycles. The Balaban J connectivity index is 3.31. The zero-order valence-corrected chi connectivity index (χ0v) is 6.26. The largest absolute Gasteiger partial charge is 0.340 e. The van der Waals surface area contributed by atoms with Gasteiger partial charge >= 0.3 is 5.69 Å². The molecule has 0 saturated heterocycles. The Bertz CT molecular complexity index is 331. The highest BCUT2D eigenvalue weighted by Gasteiger charge is 2.21. The normalized spacial score (nSPS) is 10.1. The molecule has 0 atom stereocenters. The second-order valence-electron chi connectivity index (χ2n) is 2.30. The summed E-state index contributed by atoms with van der Waals surface area (Å²) in [4.78, 5) is 8.89. The lowest BCUT2D eigenvalue weighted by Gasteiger charge is -1.98. The fourth-order valence-electron chi connectivity index (χ4n) is 0.870. The predicted octanol–water partition coefficient (Wildman–Crippen LogP) is 2.34. The van der Waals surface area contributed by atoms with E-state index < -0.39 is 28.9 Å². The topological polar surface area (TPSA) is 43.1 Å². The minimum Gasteiger partial charge on any atom is -0.258 e. The minimum atomic E-state index is -1.36. The van der Waals surface area contributed by atoms with Gasteiger partial charge in [0.25, 0.3) is 0 Å². The van der Waals surface area contributed by atoms with Crippen LogP contribution in [0.5, 0.6) is 0 Å². The monoisotopic (exact) mass is 191 g/mol. The van der Waals surface area contributed by atoms with E-state index in [4.69, 9.17) is 0 Å². The molecule has 0 saturated carbocycles. The van der Waals surface area contributed by atoms with Crippen molar-refractivity contribution in [1.82, 2.24) is 0 Å². The minimum absolute atomic E-state index is 0.263. The standard InChI is InChI=1S/C7H4F3NO2/c8-3-4-1-5(9)7(11(12)13)6(10)2-4/h1-2H,3H2. The molecule has 3 nitrogen and oxygen atoms in total. The molecule has 0 fully saturated rings. The van der Waals surface area contributed by atoms with E-state index in [9.17, 15) is 23.3 Å². The molecule has 0 bridgehead atoms. The van der Waals surface area contributed by atoms with Gasteiger partial charge in [0.2, 0.25) is 11.6 Å². The number of alkyl halides is 1. The predicted molar refractivity (Wildman–Crippen MR) is 37.8 cm³/mol. The quantitative estimate of drug-likeness (QED) is 0.531. The molecule has 0 aliphatic carbocycles. The van der Waals surface area contributed by atoms with Gasteiger partial charge < -0.3 is 0 Å². The van der Waals surface area contributed by atoms with Crippen LogP contribution in [-0.2, 0) is 6.67 Å². The molecule has 0 aromatic heterocycles. The summed E-state index contributed by atoms with van der Waals surface area (Å²) >= 11 is 0. The Morgan fingerprint density at radius 2 is 1.77 bits per heavy atom. The van der Waals surface area contributed by atoms with Crippen LogP contribution >= 0.6 is 0 Å². The molecule has 13 heavy (non-hydrogen) atoms. The van der Waals surface area contributed by atoms with Crippen LogP contribution in [0.2, 0.25) is 0 Å². The van der Waals surface area contributed by atoms with Crippen LogP contribution in [0.3, 0.4) is 0 Å². The first-order chi connectivity index (χ1) is 6.06. The van der Waals surface area contributed by atoms with E-state index >= 15 is 0 Å². The zero-order chi connectivity index (χ0) is 10.0. The van der Waals surface area contributed by atoms with E-state index in [1.807, 2.05) is 0 Å². The molecule has 1 aromatic rings. The van der Waals surface area contributed by atoms with Gasteiger partial charge in [-0.25, -0.2) is 4.39 Å². The maximum Gasteiger partial charge on any atom is 0.340 e. The summed E-state index contributed by atoms with van der Waals surface area (Å²) in [6.45, 7) is -1.06. The van der Waals surface area contributed by atoms with Crippen molar-refractivity contribution in [3.63, 3.8) is 0 Å². The Morgan fingerprint density at radius 3 is 2.08 bits per heavy atom. The highest BCUT2D eigenvalue weighted by atomic mass is 19.1. The number of rotatable bonds is 2. The SMILES string of the molecule is O=[N+]([O-])c1c(F)cc(CF)cc1F. The van der Waals surface area contributed by atoms with Crippen LogP contribution in [0, 0.1) is 21.7 Å². The van der Waals surface area contributed by atoms with Crippen molar-refractivity contribution >= 4 is 5.69 Å². The van der Waals surface area contributed by atoms with Gasteiger partial charge in [-0.2, -0.15) is 8.78 Å². The van der Waals surface area contributed by atoms with Crippen molar-refractivity contribution in [2.45, 2.75) is 6.67 Å². The fourth-order valence-corrected chi connectivity index (χ4v) is 0.870. The van der Waals surface area contributed by atoms with Gasteiger partial charge in [0.15, 0.2) is 0 Å². The Labute approximate surface area is 70.9 Å². The zero-order valence-electron chi connectivity index (χ0n) is 6.26. The van der Waals surface area contributed by atoms with Crippen molar-refractivity contribution in [3.8, 4) is 0 Å². The second-order valence-corrected chi connectivity index (χ2v) is 2.30. The van der Waals surface area contributed by atoms with E-state index in [-0.39, 0.29) is 5.56 Å². The third-order valence-corrected chi connectivity index (χ3v) is 1.41. The molecule has 0 amide bonds. The molecular weight excluding hydrogens is 187 g/mol. The number of nitrogens with zero attached hydrogens (tertiary/aromatic N) is 1. The molecule has 70 valence electrons. The molecule has 0 aliphatic rings. The highest BCUT2D eigenvalue weighted by molar-refractivity contribution is 5.36. The van der Waals surface area contributed by atoms with Crippen LogP contribution in [0.4, 0.5) is 18.9 Å². The molecule has 0 aliphatic heterocycles. The number of benzene rings is 1. The maximum absolute atomic E-state index is 12.7. The highest BCUT2D eigenvalue weighted by Crippen LogP contribution is 2.23. The second kappa shape index (κ2) is 3.42. The summed E-state index contributed by atoms with van der Waals surface area (Å²) in [5.41, 5.74) is -1.52.